The maximum Gasteiger partial charge on any atom is 0.254 e. The van der Waals surface area contributed by atoms with Gasteiger partial charge in [0.05, 0.1) is 6.61 Å². The van der Waals surface area contributed by atoms with Crippen molar-refractivity contribution in [3.05, 3.63) is 76.4 Å². The second kappa shape index (κ2) is 4.82. The summed E-state index contributed by atoms with van der Waals surface area (Å²) in [4.78, 5) is 12.3. The Morgan fingerprint density at radius 3 is 2.73 bits per heavy atom. The molecule has 1 atom stereocenters. The number of carbonyl (C=O) groups excluding carboxylic acids is 1. The number of ether oxygens (including phenoxy) is 1. The summed E-state index contributed by atoms with van der Waals surface area (Å²) in [5.41, 5.74) is 4.33. The molecule has 0 saturated carbocycles. The summed E-state index contributed by atoms with van der Waals surface area (Å²) in [5, 5.41) is 3.05. The summed E-state index contributed by atoms with van der Waals surface area (Å²) < 4.78 is 6.01. The number of aryl methyl sites for hydroxylation is 1. The van der Waals surface area contributed by atoms with Gasteiger partial charge in [-0.1, -0.05) is 54.1 Å². The average molecular weight is 291 g/mol. The smallest absolute Gasteiger partial charge is 0.254 e. The second-order valence-corrected chi connectivity index (χ2v) is 5.86. The highest BCUT2D eigenvalue weighted by Gasteiger charge is 2.49. The summed E-state index contributed by atoms with van der Waals surface area (Å²) in [7, 11) is 0. The normalized spacial score (nSPS) is 24.8. The van der Waals surface area contributed by atoms with Gasteiger partial charge in [-0.2, -0.15) is 0 Å². The second-order valence-electron chi connectivity index (χ2n) is 5.86. The highest BCUT2D eigenvalue weighted by atomic mass is 16.5. The third-order valence-electron chi connectivity index (χ3n) is 4.40. The Morgan fingerprint density at radius 1 is 1.14 bits per heavy atom. The first-order valence-corrected chi connectivity index (χ1v) is 7.53. The van der Waals surface area contributed by atoms with Crippen LogP contribution in [-0.2, 0) is 10.5 Å². The lowest BCUT2D eigenvalue weighted by Crippen LogP contribution is -2.39. The quantitative estimate of drug-likeness (QED) is 0.874. The Bertz CT molecular complexity index is 776. The van der Waals surface area contributed by atoms with E-state index in [4.69, 9.17) is 4.74 Å². The largest absolute Gasteiger partial charge is 0.347 e. The van der Waals surface area contributed by atoms with E-state index >= 15 is 0 Å². The van der Waals surface area contributed by atoms with Crippen LogP contribution < -0.4 is 5.32 Å². The molecular formula is C19H17NO2. The van der Waals surface area contributed by atoms with E-state index in [2.05, 4.69) is 42.6 Å². The molecule has 3 nitrogen and oxygen atoms in total. The molecule has 1 spiro atoms. The molecule has 0 aliphatic carbocycles. The van der Waals surface area contributed by atoms with Crippen LogP contribution in [0, 0.1) is 6.92 Å². The lowest BCUT2D eigenvalue weighted by atomic mass is 9.93. The van der Waals surface area contributed by atoms with Crippen molar-refractivity contribution in [3.63, 3.8) is 0 Å². The van der Waals surface area contributed by atoms with Crippen molar-refractivity contribution in [2.45, 2.75) is 19.1 Å². The molecule has 0 bridgehead atoms. The van der Waals surface area contributed by atoms with Crippen LogP contribution in [0.1, 0.15) is 33.5 Å². The maximum absolute atomic E-state index is 12.3. The van der Waals surface area contributed by atoms with Crippen LogP contribution in [0.2, 0.25) is 0 Å². The van der Waals surface area contributed by atoms with Gasteiger partial charge in [-0.05, 0) is 30.5 Å². The molecule has 2 aliphatic heterocycles. The van der Waals surface area contributed by atoms with E-state index in [1.54, 1.807) is 0 Å². The highest BCUT2D eigenvalue weighted by Crippen LogP contribution is 2.44. The minimum atomic E-state index is -0.779. The van der Waals surface area contributed by atoms with Crippen LogP contribution in [0.5, 0.6) is 0 Å². The zero-order chi connectivity index (χ0) is 15.2. The van der Waals surface area contributed by atoms with Gasteiger partial charge in [0, 0.05) is 11.1 Å². The minimum Gasteiger partial charge on any atom is -0.347 e. The van der Waals surface area contributed by atoms with Crippen molar-refractivity contribution in [1.82, 2.24) is 5.32 Å². The molecule has 1 fully saturated rings. The Labute approximate surface area is 129 Å². The monoisotopic (exact) mass is 291 g/mol. The van der Waals surface area contributed by atoms with Crippen LogP contribution in [0.4, 0.5) is 0 Å². The molecule has 0 radical (unpaired) electrons. The van der Waals surface area contributed by atoms with Crippen molar-refractivity contribution in [2.24, 2.45) is 0 Å². The van der Waals surface area contributed by atoms with E-state index in [-0.39, 0.29) is 5.91 Å². The van der Waals surface area contributed by atoms with Crippen molar-refractivity contribution >= 4 is 12.0 Å². The summed E-state index contributed by atoms with van der Waals surface area (Å²) in [6.07, 6.45) is 2.96. The predicted molar refractivity (Wildman–Crippen MR) is 85.3 cm³/mol. The molecule has 3 heteroatoms. The Morgan fingerprint density at radius 2 is 1.91 bits per heavy atom. The highest BCUT2D eigenvalue weighted by molar-refractivity contribution is 6.00. The summed E-state index contributed by atoms with van der Waals surface area (Å²) >= 11 is 0. The third kappa shape index (κ3) is 1.90. The molecule has 110 valence electrons. The van der Waals surface area contributed by atoms with Gasteiger partial charge >= 0.3 is 0 Å². The molecule has 1 amide bonds. The molecule has 0 unspecified atom stereocenters. The zero-order valence-corrected chi connectivity index (χ0v) is 12.4. The Kier molecular flexibility index (Phi) is 2.91. The maximum atomic E-state index is 12.3. The summed E-state index contributed by atoms with van der Waals surface area (Å²) in [6, 6.07) is 16.0. The van der Waals surface area contributed by atoms with E-state index in [1.165, 1.54) is 5.56 Å². The number of hydrogen-bond acceptors (Lipinski definition) is 2. The van der Waals surface area contributed by atoms with Gasteiger partial charge in [-0.25, -0.2) is 0 Å². The van der Waals surface area contributed by atoms with E-state index in [9.17, 15) is 4.79 Å². The molecule has 2 heterocycles. The molecule has 22 heavy (non-hydrogen) atoms. The first-order valence-electron chi connectivity index (χ1n) is 7.53. The van der Waals surface area contributed by atoms with Crippen molar-refractivity contribution in [3.8, 4) is 0 Å². The van der Waals surface area contributed by atoms with Gasteiger partial charge in [-0.3, -0.25) is 4.79 Å². The molecule has 4 rings (SSSR count). The number of carbonyl (C=O) groups is 1. The molecule has 2 aromatic carbocycles. The minimum absolute atomic E-state index is 0.0627. The number of rotatable bonds is 1. The number of hydrogen-bond donors (Lipinski definition) is 1. The fraction of sp³-hybridized carbons (Fsp3) is 0.211. The fourth-order valence-electron chi connectivity index (χ4n) is 3.27. The standard InChI is InChI=1S/C19H17NO2/c1-13-6-8-14(9-7-13)12-15-10-11-22-19(15)17-5-3-2-4-16(17)18(21)20-19/h2-9,12H,10-11H2,1H3,(H,20,21)/b15-12+/t19-/m1/s1. The van der Waals surface area contributed by atoms with Crippen molar-refractivity contribution in [2.75, 3.05) is 6.61 Å². The fourth-order valence-corrected chi connectivity index (χ4v) is 3.27. The van der Waals surface area contributed by atoms with Gasteiger partial charge in [0.25, 0.3) is 5.91 Å². The molecule has 1 saturated heterocycles. The first kappa shape index (κ1) is 13.3. The Hall–Kier alpha value is -2.39. The number of fused-ring (bicyclic) bond motifs is 2. The van der Waals surface area contributed by atoms with E-state index in [0.717, 1.165) is 23.1 Å². The number of nitrogens with one attached hydrogen (secondary N) is 1. The topological polar surface area (TPSA) is 38.3 Å². The van der Waals surface area contributed by atoms with Gasteiger partial charge in [0.1, 0.15) is 0 Å². The summed E-state index contributed by atoms with van der Waals surface area (Å²) in [5.74, 6) is -0.0627. The Balaban J connectivity index is 1.82. The molecule has 2 aliphatic rings. The molecule has 2 aromatic rings. The third-order valence-corrected chi connectivity index (χ3v) is 4.40. The van der Waals surface area contributed by atoms with Crippen LogP contribution >= 0.6 is 0 Å². The predicted octanol–water partition coefficient (Wildman–Crippen LogP) is 3.40. The van der Waals surface area contributed by atoms with Gasteiger partial charge < -0.3 is 10.1 Å². The van der Waals surface area contributed by atoms with Crippen molar-refractivity contribution in [1.29, 1.82) is 0 Å². The number of benzene rings is 2. The van der Waals surface area contributed by atoms with Crippen molar-refractivity contribution < 1.29 is 9.53 Å². The van der Waals surface area contributed by atoms with Crippen LogP contribution in [0.15, 0.2) is 54.1 Å². The van der Waals surface area contributed by atoms with Gasteiger partial charge in [-0.15, -0.1) is 0 Å². The SMILES string of the molecule is Cc1ccc(/C=C2\CCO[C@]23NC(=O)c2ccccc23)cc1. The zero-order valence-electron chi connectivity index (χ0n) is 12.4. The van der Waals surface area contributed by atoms with Gasteiger partial charge in [0.15, 0.2) is 5.72 Å². The lowest BCUT2D eigenvalue weighted by molar-refractivity contribution is 0.00401. The van der Waals surface area contributed by atoms with E-state index in [0.29, 0.717) is 12.2 Å². The van der Waals surface area contributed by atoms with Crippen LogP contribution in [0.3, 0.4) is 0 Å². The lowest BCUT2D eigenvalue weighted by Gasteiger charge is -2.26. The molecule has 1 N–H and O–H groups in total. The van der Waals surface area contributed by atoms with E-state index in [1.807, 2.05) is 24.3 Å². The molecule has 0 aromatic heterocycles. The van der Waals surface area contributed by atoms with Crippen LogP contribution in [-0.4, -0.2) is 12.5 Å². The van der Waals surface area contributed by atoms with Gasteiger partial charge in [0.2, 0.25) is 0 Å². The van der Waals surface area contributed by atoms with E-state index < -0.39 is 5.72 Å². The number of amides is 1. The average Bonchev–Trinajstić information content (AvgIpc) is 3.05. The molecular weight excluding hydrogens is 274 g/mol. The summed E-state index contributed by atoms with van der Waals surface area (Å²) in [6.45, 7) is 2.69. The first-order chi connectivity index (χ1) is 10.7. The van der Waals surface area contributed by atoms with Crippen LogP contribution in [0.25, 0.3) is 6.08 Å².